The maximum Gasteiger partial charge on any atom is 0.141 e. The Morgan fingerprint density at radius 3 is 3.00 bits per heavy atom. The Balaban J connectivity index is 2.37. The highest BCUT2D eigenvalue weighted by Crippen LogP contribution is 2.00. The Morgan fingerprint density at radius 2 is 2.38 bits per heavy atom. The summed E-state index contributed by atoms with van der Waals surface area (Å²) < 4.78 is 12.6. The molecule has 72 valence electrons. The predicted molar refractivity (Wildman–Crippen MR) is 51.2 cm³/mol. The molecule has 1 heterocycles. The fraction of sp³-hybridized carbons (Fsp3) is 0.444. The van der Waals surface area contributed by atoms with Gasteiger partial charge in [-0.3, -0.25) is 4.98 Å². The molecule has 0 aliphatic carbocycles. The van der Waals surface area contributed by atoms with Gasteiger partial charge in [0.05, 0.1) is 6.20 Å². The molecule has 4 heteroatoms. The van der Waals surface area contributed by atoms with Crippen LogP contribution in [0.5, 0.6) is 0 Å². The molecule has 0 saturated carbocycles. The maximum absolute atomic E-state index is 12.6. The van der Waals surface area contributed by atoms with E-state index in [2.05, 4.69) is 10.3 Å². The van der Waals surface area contributed by atoms with E-state index in [1.54, 1.807) is 6.20 Å². The van der Waals surface area contributed by atoms with Crippen LogP contribution in [0, 0.1) is 5.82 Å². The van der Waals surface area contributed by atoms with Crippen molar-refractivity contribution in [2.75, 3.05) is 6.54 Å². The fourth-order valence-electron chi connectivity index (χ4n) is 0.968. The summed E-state index contributed by atoms with van der Waals surface area (Å²) in [6.07, 6.45) is 2.82. The van der Waals surface area contributed by atoms with Crippen molar-refractivity contribution in [1.29, 1.82) is 0 Å². The topological polar surface area (TPSA) is 24.9 Å². The molecular formula is C9H12ClFN2. The number of halogens is 2. The Labute approximate surface area is 82.1 Å². The summed E-state index contributed by atoms with van der Waals surface area (Å²) in [5, 5.41) is 3.17. The summed E-state index contributed by atoms with van der Waals surface area (Å²) >= 11 is 5.72. The minimum atomic E-state index is -0.307. The van der Waals surface area contributed by atoms with Gasteiger partial charge in [-0.1, -0.05) is 0 Å². The predicted octanol–water partition coefficient (Wildman–Crippen LogP) is 1.94. The Hall–Kier alpha value is -0.670. The van der Waals surface area contributed by atoms with E-state index in [0.717, 1.165) is 5.56 Å². The highest BCUT2D eigenvalue weighted by atomic mass is 35.5. The van der Waals surface area contributed by atoms with Crippen molar-refractivity contribution >= 4 is 11.6 Å². The molecule has 0 aliphatic rings. The summed E-state index contributed by atoms with van der Waals surface area (Å²) in [6, 6.07) is 1.46. The number of alkyl halides is 1. The van der Waals surface area contributed by atoms with Crippen molar-refractivity contribution in [2.24, 2.45) is 0 Å². The van der Waals surface area contributed by atoms with Gasteiger partial charge >= 0.3 is 0 Å². The van der Waals surface area contributed by atoms with Crippen LogP contribution < -0.4 is 5.32 Å². The van der Waals surface area contributed by atoms with Gasteiger partial charge in [-0.05, 0) is 18.6 Å². The van der Waals surface area contributed by atoms with Crippen LogP contribution >= 0.6 is 11.6 Å². The number of aromatic nitrogens is 1. The second kappa shape index (κ2) is 5.14. The molecule has 0 radical (unpaired) electrons. The third-order valence-corrected chi connectivity index (χ3v) is 1.67. The van der Waals surface area contributed by atoms with E-state index in [9.17, 15) is 4.39 Å². The van der Waals surface area contributed by atoms with E-state index in [-0.39, 0.29) is 11.2 Å². The lowest BCUT2D eigenvalue weighted by Gasteiger charge is -2.05. The van der Waals surface area contributed by atoms with E-state index in [4.69, 9.17) is 11.6 Å². The highest BCUT2D eigenvalue weighted by molar-refractivity contribution is 6.20. The molecule has 0 fully saturated rings. The molecule has 1 aromatic rings. The monoisotopic (exact) mass is 202 g/mol. The third-order valence-electron chi connectivity index (χ3n) is 1.52. The summed E-state index contributed by atoms with van der Waals surface area (Å²) in [7, 11) is 0. The van der Waals surface area contributed by atoms with Crippen molar-refractivity contribution in [3.63, 3.8) is 0 Å². The molecule has 0 amide bonds. The lowest BCUT2D eigenvalue weighted by Crippen LogP contribution is -2.20. The second-order valence-electron chi connectivity index (χ2n) is 2.92. The summed E-state index contributed by atoms with van der Waals surface area (Å²) in [4.78, 5) is 3.73. The van der Waals surface area contributed by atoms with E-state index in [1.807, 2.05) is 6.92 Å². The number of nitrogens with one attached hydrogen (secondary N) is 1. The van der Waals surface area contributed by atoms with Gasteiger partial charge in [0.1, 0.15) is 5.82 Å². The average molecular weight is 203 g/mol. The van der Waals surface area contributed by atoms with Crippen LogP contribution in [0.1, 0.15) is 12.5 Å². The third kappa shape index (κ3) is 4.20. The van der Waals surface area contributed by atoms with E-state index >= 15 is 0 Å². The smallest absolute Gasteiger partial charge is 0.141 e. The molecule has 1 atom stereocenters. The van der Waals surface area contributed by atoms with Crippen molar-refractivity contribution in [3.8, 4) is 0 Å². The van der Waals surface area contributed by atoms with Crippen molar-refractivity contribution in [3.05, 3.63) is 29.8 Å². The van der Waals surface area contributed by atoms with E-state index < -0.39 is 0 Å². The van der Waals surface area contributed by atoms with Crippen LogP contribution in [0.2, 0.25) is 0 Å². The first-order chi connectivity index (χ1) is 6.18. The standard InChI is InChI=1S/C9H12ClFN2/c1-7(10)3-12-4-8-2-9(11)6-13-5-8/h2,5-7,12H,3-4H2,1H3. The van der Waals surface area contributed by atoms with Crippen LogP contribution in [0.25, 0.3) is 0 Å². The highest BCUT2D eigenvalue weighted by Gasteiger charge is 1.97. The molecule has 0 aliphatic heterocycles. The minimum absolute atomic E-state index is 0.0847. The number of hydrogen-bond acceptors (Lipinski definition) is 2. The van der Waals surface area contributed by atoms with Crippen molar-refractivity contribution in [2.45, 2.75) is 18.8 Å². The molecular weight excluding hydrogens is 191 g/mol. The Morgan fingerprint density at radius 1 is 1.62 bits per heavy atom. The molecule has 1 N–H and O–H groups in total. The van der Waals surface area contributed by atoms with E-state index in [1.165, 1.54) is 12.3 Å². The summed E-state index contributed by atoms with van der Waals surface area (Å²) in [5.41, 5.74) is 0.831. The maximum atomic E-state index is 12.6. The number of rotatable bonds is 4. The quantitative estimate of drug-likeness (QED) is 0.755. The number of hydrogen-bond donors (Lipinski definition) is 1. The largest absolute Gasteiger partial charge is 0.311 e. The minimum Gasteiger partial charge on any atom is -0.311 e. The zero-order chi connectivity index (χ0) is 9.68. The van der Waals surface area contributed by atoms with Gasteiger partial charge in [0.25, 0.3) is 0 Å². The lowest BCUT2D eigenvalue weighted by atomic mass is 10.3. The Bertz CT molecular complexity index is 266. The van der Waals surface area contributed by atoms with Crippen molar-refractivity contribution < 1.29 is 4.39 Å². The van der Waals surface area contributed by atoms with Crippen LogP contribution in [0.4, 0.5) is 4.39 Å². The van der Waals surface area contributed by atoms with Crippen LogP contribution in [0.15, 0.2) is 18.5 Å². The second-order valence-corrected chi connectivity index (χ2v) is 3.67. The van der Waals surface area contributed by atoms with E-state index in [0.29, 0.717) is 13.1 Å². The van der Waals surface area contributed by atoms with Gasteiger partial charge in [0.2, 0.25) is 0 Å². The zero-order valence-corrected chi connectivity index (χ0v) is 8.18. The molecule has 1 rings (SSSR count). The normalized spacial score (nSPS) is 12.8. The first-order valence-electron chi connectivity index (χ1n) is 4.12. The van der Waals surface area contributed by atoms with Gasteiger partial charge in [0, 0.05) is 24.7 Å². The number of pyridine rings is 1. The van der Waals surface area contributed by atoms with Gasteiger partial charge < -0.3 is 5.32 Å². The Kier molecular flexibility index (Phi) is 4.12. The van der Waals surface area contributed by atoms with Gasteiger partial charge in [-0.15, -0.1) is 11.6 Å². The van der Waals surface area contributed by atoms with Crippen molar-refractivity contribution in [1.82, 2.24) is 10.3 Å². The van der Waals surface area contributed by atoms with Crippen LogP contribution in [0.3, 0.4) is 0 Å². The first-order valence-corrected chi connectivity index (χ1v) is 4.56. The van der Waals surface area contributed by atoms with Crippen LogP contribution in [-0.2, 0) is 6.54 Å². The molecule has 0 bridgehead atoms. The lowest BCUT2D eigenvalue weighted by molar-refractivity contribution is 0.612. The SMILES string of the molecule is CC(Cl)CNCc1cncc(F)c1. The first kappa shape index (κ1) is 10.4. The van der Waals surface area contributed by atoms with Gasteiger partial charge in [-0.2, -0.15) is 0 Å². The molecule has 0 spiro atoms. The van der Waals surface area contributed by atoms with Gasteiger partial charge in [-0.25, -0.2) is 4.39 Å². The van der Waals surface area contributed by atoms with Crippen LogP contribution in [-0.4, -0.2) is 16.9 Å². The zero-order valence-electron chi connectivity index (χ0n) is 7.43. The molecule has 0 aromatic carbocycles. The average Bonchev–Trinajstić information content (AvgIpc) is 2.03. The molecule has 0 saturated heterocycles. The fourth-order valence-corrected chi connectivity index (χ4v) is 1.08. The summed E-state index contributed by atoms with van der Waals surface area (Å²) in [6.45, 7) is 3.21. The van der Waals surface area contributed by atoms with Gasteiger partial charge in [0.15, 0.2) is 0 Å². The molecule has 1 unspecified atom stereocenters. The molecule has 1 aromatic heterocycles. The molecule has 2 nitrogen and oxygen atoms in total. The number of nitrogens with zero attached hydrogens (tertiary/aromatic N) is 1. The molecule has 13 heavy (non-hydrogen) atoms. The summed E-state index contributed by atoms with van der Waals surface area (Å²) in [5.74, 6) is -0.307.